The average molecular weight is 333 g/mol. The number of aryl methyl sites for hydroxylation is 1. The standard InChI is InChI=1S/C12H16Cl3NO.ClH/c13-12(14,15)11(9-16)17-8-4-7-10-5-2-1-3-6-10;/h1-3,5-6,11H,4,7-9,16H2;1H. The maximum Gasteiger partial charge on any atom is 0.217 e. The van der Waals surface area contributed by atoms with Crippen molar-refractivity contribution in [1.29, 1.82) is 0 Å². The van der Waals surface area contributed by atoms with E-state index in [2.05, 4.69) is 12.1 Å². The van der Waals surface area contributed by atoms with Gasteiger partial charge in [0.2, 0.25) is 3.79 Å². The Hall–Kier alpha value is 0.300. The van der Waals surface area contributed by atoms with Gasteiger partial charge in [0.1, 0.15) is 6.10 Å². The summed E-state index contributed by atoms with van der Waals surface area (Å²) in [6.07, 6.45) is 1.27. The van der Waals surface area contributed by atoms with Crippen molar-refractivity contribution in [3.8, 4) is 0 Å². The topological polar surface area (TPSA) is 35.2 Å². The third-order valence-electron chi connectivity index (χ3n) is 2.35. The van der Waals surface area contributed by atoms with Crippen molar-refractivity contribution in [2.45, 2.75) is 22.7 Å². The quantitative estimate of drug-likeness (QED) is 0.636. The van der Waals surface area contributed by atoms with Gasteiger partial charge in [0, 0.05) is 13.2 Å². The molecular formula is C12H17Cl4NO. The lowest BCUT2D eigenvalue weighted by Gasteiger charge is -2.23. The van der Waals surface area contributed by atoms with E-state index >= 15 is 0 Å². The van der Waals surface area contributed by atoms with E-state index in [1.807, 2.05) is 18.2 Å². The van der Waals surface area contributed by atoms with E-state index in [4.69, 9.17) is 45.3 Å². The molecule has 0 aromatic heterocycles. The lowest BCUT2D eigenvalue weighted by atomic mass is 10.1. The summed E-state index contributed by atoms with van der Waals surface area (Å²) in [6, 6.07) is 10.2. The minimum Gasteiger partial charge on any atom is -0.372 e. The Morgan fingerprint density at radius 3 is 2.28 bits per heavy atom. The Morgan fingerprint density at radius 1 is 1.17 bits per heavy atom. The largest absolute Gasteiger partial charge is 0.372 e. The summed E-state index contributed by atoms with van der Waals surface area (Å²) in [7, 11) is 0. The Balaban J connectivity index is 0.00000289. The van der Waals surface area contributed by atoms with Gasteiger partial charge in [-0.05, 0) is 18.4 Å². The van der Waals surface area contributed by atoms with E-state index in [1.54, 1.807) is 0 Å². The highest BCUT2D eigenvalue weighted by molar-refractivity contribution is 6.68. The van der Waals surface area contributed by atoms with Crippen molar-refractivity contribution in [1.82, 2.24) is 0 Å². The normalized spacial score (nSPS) is 12.9. The van der Waals surface area contributed by atoms with Crippen molar-refractivity contribution < 1.29 is 4.74 Å². The molecular weight excluding hydrogens is 316 g/mol. The average Bonchev–Trinajstić information content (AvgIpc) is 2.28. The van der Waals surface area contributed by atoms with Crippen LogP contribution in [0, 0.1) is 0 Å². The summed E-state index contributed by atoms with van der Waals surface area (Å²) in [4.78, 5) is 0. The fourth-order valence-corrected chi connectivity index (χ4v) is 1.90. The monoisotopic (exact) mass is 331 g/mol. The first-order chi connectivity index (χ1) is 8.04. The molecule has 2 nitrogen and oxygen atoms in total. The molecule has 0 aliphatic rings. The van der Waals surface area contributed by atoms with E-state index in [0.717, 1.165) is 12.8 Å². The van der Waals surface area contributed by atoms with Crippen LogP contribution in [0.3, 0.4) is 0 Å². The first-order valence-electron chi connectivity index (χ1n) is 5.46. The van der Waals surface area contributed by atoms with Crippen LogP contribution in [0.2, 0.25) is 0 Å². The third-order valence-corrected chi connectivity index (χ3v) is 3.08. The van der Waals surface area contributed by atoms with Gasteiger partial charge in [-0.1, -0.05) is 65.1 Å². The predicted molar refractivity (Wildman–Crippen MR) is 81.1 cm³/mol. The van der Waals surface area contributed by atoms with Gasteiger partial charge >= 0.3 is 0 Å². The number of hydrogen-bond donors (Lipinski definition) is 1. The first kappa shape index (κ1) is 18.3. The maximum absolute atomic E-state index is 5.72. The van der Waals surface area contributed by atoms with Crippen molar-refractivity contribution in [3.63, 3.8) is 0 Å². The second-order valence-corrected chi connectivity index (χ2v) is 6.09. The van der Waals surface area contributed by atoms with Crippen molar-refractivity contribution in [2.75, 3.05) is 13.2 Å². The smallest absolute Gasteiger partial charge is 0.217 e. The lowest BCUT2D eigenvalue weighted by molar-refractivity contribution is 0.0602. The highest BCUT2D eigenvalue weighted by Crippen LogP contribution is 2.31. The zero-order valence-corrected chi connectivity index (χ0v) is 12.9. The van der Waals surface area contributed by atoms with E-state index in [0.29, 0.717) is 6.61 Å². The van der Waals surface area contributed by atoms with Crippen LogP contribution in [-0.2, 0) is 11.2 Å². The van der Waals surface area contributed by atoms with E-state index in [9.17, 15) is 0 Å². The molecule has 0 aliphatic carbocycles. The number of nitrogens with two attached hydrogens (primary N) is 1. The van der Waals surface area contributed by atoms with Crippen molar-refractivity contribution in [2.24, 2.45) is 5.73 Å². The molecule has 0 amide bonds. The summed E-state index contributed by atoms with van der Waals surface area (Å²) in [5, 5.41) is 0. The molecule has 0 radical (unpaired) electrons. The van der Waals surface area contributed by atoms with Gasteiger partial charge in [0.25, 0.3) is 0 Å². The van der Waals surface area contributed by atoms with E-state index in [1.165, 1.54) is 5.56 Å². The Bertz CT molecular complexity index is 316. The number of benzene rings is 1. The molecule has 1 aromatic carbocycles. The molecule has 104 valence electrons. The molecule has 0 saturated heterocycles. The minimum absolute atomic E-state index is 0. The zero-order chi connectivity index (χ0) is 12.7. The molecule has 0 saturated carbocycles. The highest BCUT2D eigenvalue weighted by Gasteiger charge is 2.32. The molecule has 6 heteroatoms. The Morgan fingerprint density at radius 2 is 1.78 bits per heavy atom. The van der Waals surface area contributed by atoms with E-state index < -0.39 is 9.90 Å². The summed E-state index contributed by atoms with van der Waals surface area (Å²) >= 11 is 17.2. The second kappa shape index (κ2) is 9.24. The lowest BCUT2D eigenvalue weighted by Crippen LogP contribution is -2.36. The fraction of sp³-hybridized carbons (Fsp3) is 0.500. The minimum atomic E-state index is -1.46. The van der Waals surface area contributed by atoms with E-state index in [-0.39, 0.29) is 19.0 Å². The Kier molecular flexibility index (Phi) is 9.40. The molecule has 0 bridgehead atoms. The Labute approximate surface area is 129 Å². The van der Waals surface area contributed by atoms with Crippen LogP contribution in [0.5, 0.6) is 0 Å². The highest BCUT2D eigenvalue weighted by atomic mass is 35.6. The van der Waals surface area contributed by atoms with Crippen LogP contribution in [0.15, 0.2) is 30.3 Å². The van der Waals surface area contributed by atoms with Crippen LogP contribution in [-0.4, -0.2) is 23.0 Å². The van der Waals surface area contributed by atoms with Crippen LogP contribution in [0.4, 0.5) is 0 Å². The fourth-order valence-electron chi connectivity index (χ4n) is 1.44. The maximum atomic E-state index is 5.72. The molecule has 2 N–H and O–H groups in total. The van der Waals surface area contributed by atoms with Gasteiger partial charge in [-0.25, -0.2) is 0 Å². The molecule has 0 heterocycles. The molecule has 1 atom stereocenters. The van der Waals surface area contributed by atoms with Crippen molar-refractivity contribution in [3.05, 3.63) is 35.9 Å². The summed E-state index contributed by atoms with van der Waals surface area (Å²) in [6.45, 7) is 0.729. The number of alkyl halides is 3. The molecule has 0 aliphatic heterocycles. The van der Waals surface area contributed by atoms with Crippen LogP contribution < -0.4 is 5.73 Å². The van der Waals surface area contributed by atoms with Crippen molar-refractivity contribution >= 4 is 47.2 Å². The van der Waals surface area contributed by atoms with Crippen LogP contribution >= 0.6 is 47.2 Å². The van der Waals surface area contributed by atoms with Gasteiger partial charge < -0.3 is 10.5 Å². The summed E-state index contributed by atoms with van der Waals surface area (Å²) in [5.74, 6) is 0. The molecule has 1 rings (SSSR count). The SMILES string of the molecule is Cl.NCC(OCCCc1ccccc1)C(Cl)(Cl)Cl. The predicted octanol–water partition coefficient (Wildman–Crippen LogP) is 3.76. The molecule has 0 spiro atoms. The van der Waals surface area contributed by atoms with Crippen LogP contribution in [0.1, 0.15) is 12.0 Å². The van der Waals surface area contributed by atoms with Gasteiger partial charge in [-0.2, -0.15) is 0 Å². The number of rotatable bonds is 6. The summed E-state index contributed by atoms with van der Waals surface area (Å²) < 4.78 is 4.00. The molecule has 1 aromatic rings. The van der Waals surface area contributed by atoms with Crippen LogP contribution in [0.25, 0.3) is 0 Å². The van der Waals surface area contributed by atoms with Gasteiger partial charge in [-0.3, -0.25) is 0 Å². The van der Waals surface area contributed by atoms with Gasteiger partial charge in [-0.15, -0.1) is 12.4 Å². The number of hydrogen-bond acceptors (Lipinski definition) is 2. The molecule has 18 heavy (non-hydrogen) atoms. The number of halogens is 4. The summed E-state index contributed by atoms with van der Waals surface area (Å²) in [5.41, 5.74) is 6.75. The molecule has 1 unspecified atom stereocenters. The number of ether oxygens (including phenoxy) is 1. The van der Waals surface area contributed by atoms with Gasteiger partial charge in [0.15, 0.2) is 0 Å². The third kappa shape index (κ3) is 7.03. The molecule has 0 fully saturated rings. The second-order valence-electron chi connectivity index (χ2n) is 3.73. The first-order valence-corrected chi connectivity index (χ1v) is 6.59. The zero-order valence-electron chi connectivity index (χ0n) is 9.82. The van der Waals surface area contributed by atoms with Gasteiger partial charge in [0.05, 0.1) is 0 Å².